The Morgan fingerprint density at radius 1 is 1.10 bits per heavy atom. The van der Waals surface area contributed by atoms with Gasteiger partial charge in [-0.2, -0.15) is 0 Å². The van der Waals surface area contributed by atoms with Crippen LogP contribution in [0, 0.1) is 0 Å². The second-order valence-corrected chi connectivity index (χ2v) is 6.33. The Kier molecular flexibility index (Phi) is 6.73. The highest BCUT2D eigenvalue weighted by Gasteiger charge is 2.14. The molecule has 29 heavy (non-hydrogen) atoms. The van der Waals surface area contributed by atoms with Crippen LogP contribution in [0.2, 0.25) is 0 Å². The first-order valence-corrected chi connectivity index (χ1v) is 9.42. The third kappa shape index (κ3) is 5.07. The Balaban J connectivity index is 1.47. The van der Waals surface area contributed by atoms with Gasteiger partial charge >= 0.3 is 5.97 Å². The third-order valence-corrected chi connectivity index (χ3v) is 4.42. The number of rotatable bonds is 9. The first-order valence-electron chi connectivity index (χ1n) is 9.42. The second kappa shape index (κ2) is 9.64. The van der Waals surface area contributed by atoms with Crippen LogP contribution in [0.3, 0.4) is 0 Å². The summed E-state index contributed by atoms with van der Waals surface area (Å²) in [6.45, 7) is 2.39. The first kappa shape index (κ1) is 20.3. The van der Waals surface area contributed by atoms with Gasteiger partial charge in [0.05, 0.1) is 19.3 Å². The highest BCUT2D eigenvalue weighted by atomic mass is 16.5. The van der Waals surface area contributed by atoms with Crippen LogP contribution in [0.15, 0.2) is 48.7 Å². The van der Waals surface area contributed by atoms with Crippen LogP contribution >= 0.6 is 0 Å². The third-order valence-electron chi connectivity index (χ3n) is 4.42. The number of aromatic nitrogens is 1. The molecule has 0 spiro atoms. The van der Waals surface area contributed by atoms with Crippen LogP contribution in [-0.2, 0) is 16.0 Å². The van der Waals surface area contributed by atoms with Crippen molar-refractivity contribution in [1.82, 2.24) is 10.3 Å². The van der Waals surface area contributed by atoms with Gasteiger partial charge in [-0.3, -0.25) is 4.79 Å². The Morgan fingerprint density at radius 3 is 2.72 bits per heavy atom. The Morgan fingerprint density at radius 2 is 1.93 bits per heavy atom. The normalized spacial score (nSPS) is 10.6. The molecule has 0 saturated heterocycles. The lowest BCUT2D eigenvalue weighted by Gasteiger charge is -2.11. The molecule has 0 saturated carbocycles. The molecule has 152 valence electrons. The van der Waals surface area contributed by atoms with E-state index >= 15 is 0 Å². The van der Waals surface area contributed by atoms with E-state index in [1.165, 1.54) is 7.11 Å². The van der Waals surface area contributed by atoms with Gasteiger partial charge in [-0.1, -0.05) is 18.2 Å². The van der Waals surface area contributed by atoms with Gasteiger partial charge in [0, 0.05) is 23.6 Å². The minimum atomic E-state index is -0.597. The smallest absolute Gasteiger partial charge is 0.338 e. The SMILES string of the molecule is CCOc1cc(C(=O)OCC(=O)NCCc2c[nH]c3ccccc23)ccc1OC. The summed E-state index contributed by atoms with van der Waals surface area (Å²) in [4.78, 5) is 27.4. The Hall–Kier alpha value is -3.48. The maximum absolute atomic E-state index is 12.2. The zero-order chi connectivity index (χ0) is 20.6. The Labute approximate surface area is 169 Å². The van der Waals surface area contributed by atoms with E-state index in [1.54, 1.807) is 18.2 Å². The maximum atomic E-state index is 12.2. The number of hydrogen-bond acceptors (Lipinski definition) is 5. The molecule has 7 nitrogen and oxygen atoms in total. The number of benzene rings is 2. The first-order chi connectivity index (χ1) is 14.1. The molecule has 3 rings (SSSR count). The fraction of sp³-hybridized carbons (Fsp3) is 0.273. The molecule has 0 atom stereocenters. The summed E-state index contributed by atoms with van der Waals surface area (Å²) in [5, 5.41) is 3.90. The van der Waals surface area contributed by atoms with E-state index in [9.17, 15) is 9.59 Å². The van der Waals surface area contributed by atoms with Gasteiger partial charge in [0.15, 0.2) is 18.1 Å². The van der Waals surface area contributed by atoms with Gasteiger partial charge in [-0.15, -0.1) is 0 Å². The molecule has 0 aliphatic carbocycles. The molecule has 1 aromatic heterocycles. The number of ether oxygens (including phenoxy) is 3. The number of amides is 1. The summed E-state index contributed by atoms with van der Waals surface area (Å²) < 4.78 is 15.7. The van der Waals surface area contributed by atoms with Gasteiger partial charge in [-0.05, 0) is 43.2 Å². The summed E-state index contributed by atoms with van der Waals surface area (Å²) in [7, 11) is 1.52. The van der Waals surface area contributed by atoms with E-state index in [1.807, 2.05) is 37.4 Å². The molecule has 1 heterocycles. The number of nitrogens with one attached hydrogen (secondary N) is 2. The summed E-state index contributed by atoms with van der Waals surface area (Å²) in [6, 6.07) is 12.7. The molecule has 0 radical (unpaired) electrons. The predicted octanol–water partition coefficient (Wildman–Crippen LogP) is 3.09. The Bertz CT molecular complexity index is 996. The summed E-state index contributed by atoms with van der Waals surface area (Å²) in [6.07, 6.45) is 2.62. The fourth-order valence-corrected chi connectivity index (χ4v) is 3.01. The summed E-state index contributed by atoms with van der Waals surface area (Å²) in [5.41, 5.74) is 2.48. The summed E-state index contributed by atoms with van der Waals surface area (Å²) >= 11 is 0. The number of carbonyl (C=O) groups excluding carboxylic acids is 2. The van der Waals surface area contributed by atoms with Crippen molar-refractivity contribution >= 4 is 22.8 Å². The average molecular weight is 396 g/mol. The van der Waals surface area contributed by atoms with Gasteiger partial charge in [0.2, 0.25) is 0 Å². The molecule has 0 fully saturated rings. The minimum absolute atomic E-state index is 0.292. The highest BCUT2D eigenvalue weighted by Crippen LogP contribution is 2.28. The number of hydrogen-bond donors (Lipinski definition) is 2. The van der Waals surface area contributed by atoms with Crippen molar-refractivity contribution in [3.8, 4) is 11.5 Å². The number of methoxy groups -OCH3 is 1. The van der Waals surface area contributed by atoms with E-state index in [0.29, 0.717) is 36.6 Å². The number of esters is 1. The molecular weight excluding hydrogens is 372 g/mol. The van der Waals surface area contributed by atoms with Crippen LogP contribution in [0.5, 0.6) is 11.5 Å². The van der Waals surface area contributed by atoms with Crippen molar-refractivity contribution in [2.75, 3.05) is 26.9 Å². The average Bonchev–Trinajstić information content (AvgIpc) is 3.15. The number of H-pyrrole nitrogens is 1. The van der Waals surface area contributed by atoms with Crippen LogP contribution in [-0.4, -0.2) is 43.7 Å². The predicted molar refractivity (Wildman–Crippen MR) is 109 cm³/mol. The molecule has 2 N–H and O–H groups in total. The number of fused-ring (bicyclic) bond motifs is 1. The minimum Gasteiger partial charge on any atom is -0.493 e. The van der Waals surface area contributed by atoms with Crippen molar-refractivity contribution in [1.29, 1.82) is 0 Å². The van der Waals surface area contributed by atoms with Crippen LogP contribution in [0.4, 0.5) is 0 Å². The zero-order valence-electron chi connectivity index (χ0n) is 16.5. The van der Waals surface area contributed by atoms with E-state index in [-0.39, 0.29) is 12.5 Å². The number of aromatic amines is 1. The molecule has 2 aromatic carbocycles. The molecule has 0 bridgehead atoms. The monoisotopic (exact) mass is 396 g/mol. The van der Waals surface area contributed by atoms with Gasteiger partial charge in [0.25, 0.3) is 5.91 Å². The lowest BCUT2D eigenvalue weighted by molar-refractivity contribution is -0.124. The lowest BCUT2D eigenvalue weighted by Crippen LogP contribution is -2.30. The molecule has 0 unspecified atom stereocenters. The molecule has 1 amide bonds. The topological polar surface area (TPSA) is 89.6 Å². The quantitative estimate of drug-likeness (QED) is 0.543. The van der Waals surface area contributed by atoms with Gasteiger partial charge in [-0.25, -0.2) is 4.79 Å². The number of carbonyl (C=O) groups is 2. The molecule has 7 heteroatoms. The van der Waals surface area contributed by atoms with Crippen molar-refractivity contribution in [2.45, 2.75) is 13.3 Å². The standard InChI is InChI=1S/C22H24N2O5/c1-3-28-20-12-15(8-9-19(20)27-2)22(26)29-14-21(25)23-11-10-16-13-24-18-7-5-4-6-17(16)18/h4-9,12-13,24H,3,10-11,14H2,1-2H3,(H,23,25). The fourth-order valence-electron chi connectivity index (χ4n) is 3.01. The van der Waals surface area contributed by atoms with Gasteiger partial charge < -0.3 is 24.5 Å². The lowest BCUT2D eigenvalue weighted by atomic mass is 10.1. The summed E-state index contributed by atoms with van der Waals surface area (Å²) in [5.74, 6) is 0.0307. The van der Waals surface area contributed by atoms with E-state index < -0.39 is 5.97 Å². The van der Waals surface area contributed by atoms with Crippen LogP contribution < -0.4 is 14.8 Å². The molecule has 3 aromatic rings. The zero-order valence-corrected chi connectivity index (χ0v) is 16.5. The van der Waals surface area contributed by atoms with Crippen molar-refractivity contribution < 1.29 is 23.8 Å². The van der Waals surface area contributed by atoms with E-state index in [0.717, 1.165) is 16.5 Å². The van der Waals surface area contributed by atoms with Crippen LogP contribution in [0.1, 0.15) is 22.8 Å². The number of para-hydroxylation sites is 1. The van der Waals surface area contributed by atoms with Gasteiger partial charge in [0.1, 0.15) is 0 Å². The molecule has 0 aliphatic heterocycles. The molecular formula is C22H24N2O5. The van der Waals surface area contributed by atoms with Crippen molar-refractivity contribution in [3.05, 3.63) is 59.8 Å². The van der Waals surface area contributed by atoms with E-state index in [2.05, 4.69) is 10.3 Å². The second-order valence-electron chi connectivity index (χ2n) is 6.33. The van der Waals surface area contributed by atoms with E-state index in [4.69, 9.17) is 14.2 Å². The largest absolute Gasteiger partial charge is 0.493 e. The van der Waals surface area contributed by atoms with Crippen LogP contribution in [0.25, 0.3) is 10.9 Å². The maximum Gasteiger partial charge on any atom is 0.338 e. The van der Waals surface area contributed by atoms with Crippen molar-refractivity contribution in [3.63, 3.8) is 0 Å². The molecule has 0 aliphatic rings. The van der Waals surface area contributed by atoms with Crippen molar-refractivity contribution in [2.24, 2.45) is 0 Å². The highest BCUT2D eigenvalue weighted by molar-refractivity contribution is 5.92.